The van der Waals surface area contributed by atoms with Crippen molar-refractivity contribution in [3.63, 3.8) is 0 Å². The summed E-state index contributed by atoms with van der Waals surface area (Å²) in [5.74, 6) is 2.26. The zero-order chi connectivity index (χ0) is 27.0. The van der Waals surface area contributed by atoms with Crippen molar-refractivity contribution in [3.05, 3.63) is 73.5 Å². The Labute approximate surface area is 227 Å². The lowest BCUT2D eigenvalue weighted by Gasteiger charge is -2.52. The SMILES string of the molecule is C=CC(=O)NC1CC2(CCN(c3cncnc3Nc3ccc(Oc4ccc5c(c4)ncn5C)c(C)c3)CC2)C1. The number of carbonyl (C=O) groups excluding carboxylic acids is 1. The van der Waals surface area contributed by atoms with E-state index in [-0.39, 0.29) is 11.9 Å². The molecular formula is C30H33N7O2. The number of amides is 1. The molecule has 1 spiro atoms. The highest BCUT2D eigenvalue weighted by Gasteiger charge is 2.46. The standard InChI is InChI=1S/C30H33N7O2/c1-4-28(38)34-22-15-30(16-22)9-11-37(12-10-30)26-17-31-18-32-29(26)35-21-5-8-27(20(2)13-21)39-23-6-7-25-24(14-23)33-19-36(25)3/h4-8,13-14,17-19,22H,1,9-12,15-16H2,2-3H3,(H,34,38)(H,31,32,35). The van der Waals surface area contributed by atoms with Crippen LogP contribution >= 0.6 is 0 Å². The molecule has 1 saturated carbocycles. The number of hydrogen-bond acceptors (Lipinski definition) is 7. The quantitative estimate of drug-likeness (QED) is 0.319. The van der Waals surface area contributed by atoms with Gasteiger partial charge in [-0.05, 0) is 80.0 Å². The van der Waals surface area contributed by atoms with Gasteiger partial charge in [0.2, 0.25) is 5.91 Å². The fraction of sp³-hybridized carbons (Fsp3) is 0.333. The molecule has 9 nitrogen and oxygen atoms in total. The molecule has 39 heavy (non-hydrogen) atoms. The molecule has 1 saturated heterocycles. The number of nitrogens with zero attached hydrogens (tertiary/aromatic N) is 5. The second kappa shape index (κ2) is 10.1. The highest BCUT2D eigenvalue weighted by atomic mass is 16.5. The number of aryl methyl sites for hydroxylation is 2. The third-order valence-electron chi connectivity index (χ3n) is 8.11. The van der Waals surface area contributed by atoms with E-state index in [1.165, 1.54) is 6.08 Å². The number of imidazole rings is 1. The van der Waals surface area contributed by atoms with Crippen molar-refractivity contribution in [1.82, 2.24) is 24.8 Å². The Kier molecular flexibility index (Phi) is 6.42. The van der Waals surface area contributed by atoms with Crippen molar-refractivity contribution < 1.29 is 9.53 Å². The molecule has 2 aromatic heterocycles. The van der Waals surface area contributed by atoms with Crippen LogP contribution in [0.1, 0.15) is 31.2 Å². The number of ether oxygens (including phenoxy) is 1. The number of rotatable bonds is 7. The summed E-state index contributed by atoms with van der Waals surface area (Å²) in [5, 5.41) is 6.53. The Hall–Kier alpha value is -4.40. The summed E-state index contributed by atoms with van der Waals surface area (Å²) in [6.45, 7) is 7.47. The highest BCUT2D eigenvalue weighted by molar-refractivity contribution is 5.87. The molecule has 0 atom stereocenters. The predicted molar refractivity (Wildman–Crippen MR) is 153 cm³/mol. The molecule has 6 rings (SSSR count). The summed E-state index contributed by atoms with van der Waals surface area (Å²) in [7, 11) is 1.98. The summed E-state index contributed by atoms with van der Waals surface area (Å²) in [6.07, 6.45) is 10.9. The van der Waals surface area contributed by atoms with Crippen LogP contribution in [0.5, 0.6) is 11.5 Å². The van der Waals surface area contributed by atoms with E-state index < -0.39 is 0 Å². The molecule has 2 fully saturated rings. The Morgan fingerprint density at radius 3 is 2.74 bits per heavy atom. The van der Waals surface area contributed by atoms with Crippen molar-refractivity contribution >= 4 is 34.1 Å². The number of fused-ring (bicyclic) bond motifs is 1. The van der Waals surface area contributed by atoms with Crippen LogP contribution in [0.3, 0.4) is 0 Å². The second-order valence-electron chi connectivity index (χ2n) is 10.8. The topological polar surface area (TPSA) is 97.2 Å². The van der Waals surface area contributed by atoms with Crippen LogP contribution in [0.25, 0.3) is 11.0 Å². The molecule has 4 aromatic rings. The van der Waals surface area contributed by atoms with E-state index in [4.69, 9.17) is 4.74 Å². The van der Waals surface area contributed by atoms with E-state index in [9.17, 15) is 4.79 Å². The maximum atomic E-state index is 11.6. The molecule has 9 heteroatoms. The van der Waals surface area contributed by atoms with E-state index in [0.29, 0.717) is 5.41 Å². The smallest absolute Gasteiger partial charge is 0.243 e. The van der Waals surface area contributed by atoms with Crippen molar-refractivity contribution in [2.45, 2.75) is 38.6 Å². The summed E-state index contributed by atoms with van der Waals surface area (Å²) in [5.41, 5.74) is 5.25. The normalized spacial score (nSPS) is 16.6. The van der Waals surface area contributed by atoms with Gasteiger partial charge >= 0.3 is 0 Å². The second-order valence-corrected chi connectivity index (χ2v) is 10.8. The van der Waals surface area contributed by atoms with Crippen LogP contribution in [-0.4, -0.2) is 44.6 Å². The average Bonchev–Trinajstić information content (AvgIpc) is 3.30. The molecule has 2 aliphatic rings. The first-order valence-corrected chi connectivity index (χ1v) is 13.4. The predicted octanol–water partition coefficient (Wildman–Crippen LogP) is 5.26. The molecule has 2 N–H and O–H groups in total. The maximum Gasteiger partial charge on any atom is 0.243 e. The molecule has 1 amide bonds. The first-order valence-electron chi connectivity index (χ1n) is 13.4. The minimum atomic E-state index is -0.0785. The number of aromatic nitrogens is 4. The first kappa shape index (κ1) is 24.9. The zero-order valence-electron chi connectivity index (χ0n) is 22.4. The van der Waals surface area contributed by atoms with Gasteiger partial charge in [0.15, 0.2) is 5.82 Å². The summed E-state index contributed by atoms with van der Waals surface area (Å²) < 4.78 is 8.17. The van der Waals surface area contributed by atoms with Gasteiger partial charge in [-0.3, -0.25) is 4.79 Å². The highest BCUT2D eigenvalue weighted by Crippen LogP contribution is 2.50. The Morgan fingerprint density at radius 1 is 1.15 bits per heavy atom. The lowest BCUT2D eigenvalue weighted by atomic mass is 9.60. The van der Waals surface area contributed by atoms with Crippen LogP contribution in [0, 0.1) is 12.3 Å². The molecule has 3 heterocycles. The van der Waals surface area contributed by atoms with Crippen LogP contribution in [0.15, 0.2) is 67.9 Å². The lowest BCUT2D eigenvalue weighted by molar-refractivity contribution is -0.119. The summed E-state index contributed by atoms with van der Waals surface area (Å²) >= 11 is 0. The van der Waals surface area contributed by atoms with E-state index in [0.717, 1.165) is 84.1 Å². The van der Waals surface area contributed by atoms with Crippen LogP contribution in [-0.2, 0) is 11.8 Å². The number of piperidine rings is 1. The van der Waals surface area contributed by atoms with Gasteiger partial charge in [0.25, 0.3) is 0 Å². The molecule has 1 aliphatic carbocycles. The molecule has 1 aliphatic heterocycles. The molecule has 2 aromatic carbocycles. The van der Waals surface area contributed by atoms with Crippen molar-refractivity contribution in [3.8, 4) is 11.5 Å². The summed E-state index contributed by atoms with van der Waals surface area (Å²) in [6, 6.07) is 12.3. The third kappa shape index (κ3) is 5.04. The molecule has 0 bridgehead atoms. The molecule has 200 valence electrons. The maximum absolute atomic E-state index is 11.6. The van der Waals surface area contributed by atoms with Gasteiger partial charge < -0.3 is 24.8 Å². The van der Waals surface area contributed by atoms with Gasteiger partial charge in [-0.25, -0.2) is 15.0 Å². The zero-order valence-corrected chi connectivity index (χ0v) is 22.4. The number of anilines is 3. The fourth-order valence-corrected chi connectivity index (χ4v) is 5.91. The van der Waals surface area contributed by atoms with E-state index in [2.05, 4.69) is 43.1 Å². The van der Waals surface area contributed by atoms with Gasteiger partial charge in [-0.15, -0.1) is 0 Å². The molecule has 0 radical (unpaired) electrons. The minimum Gasteiger partial charge on any atom is -0.457 e. The summed E-state index contributed by atoms with van der Waals surface area (Å²) in [4.78, 5) is 27.3. The van der Waals surface area contributed by atoms with Gasteiger partial charge in [-0.2, -0.15) is 0 Å². The van der Waals surface area contributed by atoms with Crippen LogP contribution in [0.2, 0.25) is 0 Å². The Balaban J connectivity index is 1.10. The minimum absolute atomic E-state index is 0.0785. The van der Waals surface area contributed by atoms with Gasteiger partial charge in [0.05, 0.1) is 29.2 Å². The Bertz CT molecular complexity index is 1530. The largest absolute Gasteiger partial charge is 0.457 e. The Morgan fingerprint density at radius 2 is 1.97 bits per heavy atom. The van der Waals surface area contributed by atoms with E-state index in [1.807, 2.05) is 55.1 Å². The van der Waals surface area contributed by atoms with E-state index in [1.54, 1.807) is 12.7 Å². The number of benzene rings is 2. The van der Waals surface area contributed by atoms with Crippen LogP contribution < -0.4 is 20.3 Å². The van der Waals surface area contributed by atoms with Gasteiger partial charge in [0, 0.05) is 37.9 Å². The van der Waals surface area contributed by atoms with Gasteiger partial charge in [0.1, 0.15) is 17.8 Å². The number of hydrogen-bond donors (Lipinski definition) is 2. The third-order valence-corrected chi connectivity index (χ3v) is 8.11. The van der Waals surface area contributed by atoms with Crippen molar-refractivity contribution in [1.29, 1.82) is 0 Å². The number of nitrogens with one attached hydrogen (secondary N) is 2. The van der Waals surface area contributed by atoms with Gasteiger partial charge in [-0.1, -0.05) is 6.58 Å². The van der Waals surface area contributed by atoms with Crippen molar-refractivity contribution in [2.75, 3.05) is 23.3 Å². The lowest BCUT2D eigenvalue weighted by Crippen LogP contribution is -2.54. The van der Waals surface area contributed by atoms with E-state index >= 15 is 0 Å². The van der Waals surface area contributed by atoms with Crippen molar-refractivity contribution in [2.24, 2.45) is 12.5 Å². The first-order chi connectivity index (χ1) is 18.9. The number of carbonyl (C=O) groups is 1. The fourth-order valence-electron chi connectivity index (χ4n) is 5.91. The molecule has 0 unspecified atom stereocenters. The van der Waals surface area contributed by atoms with Crippen LogP contribution in [0.4, 0.5) is 17.2 Å². The monoisotopic (exact) mass is 523 g/mol. The molecular weight excluding hydrogens is 490 g/mol. The average molecular weight is 524 g/mol.